The first-order chi connectivity index (χ1) is 4.68. The Morgan fingerprint density at radius 3 is 2.50 bits per heavy atom. The Labute approximate surface area is 69.2 Å². The zero-order valence-corrected chi connectivity index (χ0v) is 7.49. The van der Waals surface area contributed by atoms with Crippen molar-refractivity contribution in [1.29, 1.82) is 0 Å². The molecule has 1 aliphatic carbocycles. The minimum Gasteiger partial charge on any atom is -0.372 e. The predicted octanol–water partition coefficient (Wildman–Crippen LogP) is 1.03. The molecular formula is C7H12BrNO. The Balaban J connectivity index is 2.19. The van der Waals surface area contributed by atoms with Gasteiger partial charge in [0.15, 0.2) is 0 Å². The molecule has 1 saturated carbocycles. The van der Waals surface area contributed by atoms with Crippen LogP contribution in [-0.2, 0) is 4.74 Å². The molecule has 58 valence electrons. The average molecular weight is 206 g/mol. The third kappa shape index (κ3) is 0.840. The molecular weight excluding hydrogens is 194 g/mol. The van der Waals surface area contributed by atoms with Crippen LogP contribution in [0.4, 0.5) is 0 Å². The molecule has 1 saturated heterocycles. The van der Waals surface area contributed by atoms with Gasteiger partial charge in [0.25, 0.3) is 0 Å². The van der Waals surface area contributed by atoms with E-state index in [0.717, 1.165) is 31.2 Å². The SMILES string of the molecule is NC12CCC(CBr)(C1)OC2. The van der Waals surface area contributed by atoms with Crippen LogP contribution in [-0.4, -0.2) is 23.1 Å². The molecule has 0 radical (unpaired) electrons. The van der Waals surface area contributed by atoms with Crippen LogP contribution in [0, 0.1) is 0 Å². The summed E-state index contributed by atoms with van der Waals surface area (Å²) in [5.41, 5.74) is 6.14. The van der Waals surface area contributed by atoms with E-state index in [4.69, 9.17) is 10.5 Å². The minimum atomic E-state index is 0.0216. The van der Waals surface area contributed by atoms with Crippen LogP contribution in [0.1, 0.15) is 19.3 Å². The van der Waals surface area contributed by atoms with Crippen molar-refractivity contribution in [2.45, 2.75) is 30.4 Å². The van der Waals surface area contributed by atoms with Crippen LogP contribution < -0.4 is 5.73 Å². The standard InChI is InChI=1S/C7H12BrNO/c8-4-7-2-1-6(9,3-7)5-10-7/h1-5,9H2. The van der Waals surface area contributed by atoms with E-state index < -0.39 is 0 Å². The van der Waals surface area contributed by atoms with Crippen molar-refractivity contribution in [3.8, 4) is 0 Å². The molecule has 2 atom stereocenters. The lowest BCUT2D eigenvalue weighted by atomic mass is 10.0. The van der Waals surface area contributed by atoms with Crippen molar-refractivity contribution < 1.29 is 4.74 Å². The monoisotopic (exact) mass is 205 g/mol. The molecule has 0 amide bonds. The van der Waals surface area contributed by atoms with Gasteiger partial charge in [-0.05, 0) is 19.3 Å². The second-order valence-corrected chi connectivity index (χ2v) is 4.21. The van der Waals surface area contributed by atoms with Gasteiger partial charge >= 0.3 is 0 Å². The van der Waals surface area contributed by atoms with Crippen molar-refractivity contribution in [2.75, 3.05) is 11.9 Å². The lowest BCUT2D eigenvalue weighted by Crippen LogP contribution is -2.38. The minimum absolute atomic E-state index is 0.0216. The van der Waals surface area contributed by atoms with Gasteiger partial charge in [0, 0.05) is 10.9 Å². The molecule has 0 spiro atoms. The van der Waals surface area contributed by atoms with Crippen LogP contribution in [0.3, 0.4) is 0 Å². The number of hydrogen-bond donors (Lipinski definition) is 1. The molecule has 2 unspecified atom stereocenters. The van der Waals surface area contributed by atoms with Crippen molar-refractivity contribution >= 4 is 15.9 Å². The van der Waals surface area contributed by atoms with Gasteiger partial charge in [-0.1, -0.05) is 15.9 Å². The highest BCUT2D eigenvalue weighted by Gasteiger charge is 2.52. The maximum atomic E-state index is 6.01. The first-order valence-corrected chi connectivity index (χ1v) is 4.79. The van der Waals surface area contributed by atoms with Crippen LogP contribution >= 0.6 is 15.9 Å². The van der Waals surface area contributed by atoms with E-state index in [0.29, 0.717) is 0 Å². The predicted molar refractivity (Wildman–Crippen MR) is 43.2 cm³/mol. The van der Waals surface area contributed by atoms with Crippen LogP contribution in [0.5, 0.6) is 0 Å². The van der Waals surface area contributed by atoms with Crippen molar-refractivity contribution in [3.63, 3.8) is 0 Å². The molecule has 1 heterocycles. The third-order valence-electron chi connectivity index (χ3n) is 2.66. The van der Waals surface area contributed by atoms with Crippen molar-refractivity contribution in [3.05, 3.63) is 0 Å². The summed E-state index contributed by atoms with van der Waals surface area (Å²) in [6.45, 7) is 0.762. The Hall–Kier alpha value is 0.400. The van der Waals surface area contributed by atoms with E-state index in [2.05, 4.69) is 15.9 Å². The summed E-state index contributed by atoms with van der Waals surface area (Å²) < 4.78 is 5.62. The van der Waals surface area contributed by atoms with E-state index in [9.17, 15) is 0 Å². The number of rotatable bonds is 1. The summed E-state index contributed by atoms with van der Waals surface area (Å²) in [5, 5.41) is 0.943. The van der Waals surface area contributed by atoms with Crippen LogP contribution in [0.15, 0.2) is 0 Å². The summed E-state index contributed by atoms with van der Waals surface area (Å²) in [4.78, 5) is 0. The van der Waals surface area contributed by atoms with Gasteiger partial charge in [-0.25, -0.2) is 0 Å². The summed E-state index contributed by atoms with van der Waals surface area (Å²) in [7, 11) is 0. The van der Waals surface area contributed by atoms with Gasteiger partial charge in [0.2, 0.25) is 0 Å². The molecule has 3 heteroatoms. The first-order valence-electron chi connectivity index (χ1n) is 3.67. The van der Waals surface area contributed by atoms with E-state index in [-0.39, 0.29) is 11.1 Å². The van der Waals surface area contributed by atoms with Crippen LogP contribution in [0.25, 0.3) is 0 Å². The number of hydrogen-bond acceptors (Lipinski definition) is 2. The van der Waals surface area contributed by atoms with Gasteiger partial charge in [-0.15, -0.1) is 0 Å². The van der Waals surface area contributed by atoms with Gasteiger partial charge < -0.3 is 10.5 Å². The number of halogens is 1. The van der Waals surface area contributed by atoms with Gasteiger partial charge in [-0.2, -0.15) is 0 Å². The molecule has 2 nitrogen and oxygen atoms in total. The molecule has 2 rings (SSSR count). The molecule has 2 aliphatic rings. The Kier molecular flexibility index (Phi) is 1.39. The summed E-state index contributed by atoms with van der Waals surface area (Å²) in [6, 6.07) is 0. The zero-order valence-electron chi connectivity index (χ0n) is 5.90. The molecule has 10 heavy (non-hydrogen) atoms. The van der Waals surface area contributed by atoms with E-state index in [1.165, 1.54) is 0 Å². The molecule has 0 aromatic rings. The van der Waals surface area contributed by atoms with Crippen molar-refractivity contribution in [1.82, 2.24) is 0 Å². The number of ether oxygens (including phenoxy) is 1. The topological polar surface area (TPSA) is 35.2 Å². The Morgan fingerprint density at radius 1 is 1.50 bits per heavy atom. The fraction of sp³-hybridized carbons (Fsp3) is 1.00. The number of fused-ring (bicyclic) bond motifs is 2. The first kappa shape index (κ1) is 7.07. The number of nitrogens with two attached hydrogens (primary N) is 1. The lowest BCUT2D eigenvalue weighted by molar-refractivity contribution is -0.000591. The fourth-order valence-electron chi connectivity index (χ4n) is 1.99. The smallest absolute Gasteiger partial charge is 0.0798 e. The quantitative estimate of drug-likeness (QED) is 0.650. The maximum absolute atomic E-state index is 6.01. The summed E-state index contributed by atoms with van der Waals surface area (Å²) >= 11 is 3.46. The fourth-order valence-corrected chi connectivity index (χ4v) is 2.63. The third-order valence-corrected chi connectivity index (χ3v) is 3.68. The highest BCUT2D eigenvalue weighted by molar-refractivity contribution is 9.09. The Morgan fingerprint density at radius 2 is 2.30 bits per heavy atom. The lowest BCUT2D eigenvalue weighted by Gasteiger charge is -2.24. The zero-order chi connectivity index (χ0) is 7.24. The van der Waals surface area contributed by atoms with E-state index in [1.54, 1.807) is 0 Å². The second-order valence-electron chi connectivity index (χ2n) is 3.64. The molecule has 1 aliphatic heterocycles. The van der Waals surface area contributed by atoms with Gasteiger partial charge in [0.05, 0.1) is 12.2 Å². The maximum Gasteiger partial charge on any atom is 0.0798 e. The molecule has 0 aromatic heterocycles. The number of alkyl halides is 1. The molecule has 2 N–H and O–H groups in total. The van der Waals surface area contributed by atoms with Gasteiger partial charge in [0.1, 0.15) is 0 Å². The normalized spacial score (nSPS) is 52.2. The average Bonchev–Trinajstić information content (AvgIpc) is 2.42. The largest absolute Gasteiger partial charge is 0.372 e. The van der Waals surface area contributed by atoms with Gasteiger partial charge in [-0.3, -0.25) is 0 Å². The Bertz CT molecular complexity index is 152. The van der Waals surface area contributed by atoms with Crippen molar-refractivity contribution in [2.24, 2.45) is 5.73 Å². The molecule has 2 fully saturated rings. The van der Waals surface area contributed by atoms with E-state index in [1.807, 2.05) is 0 Å². The summed E-state index contributed by atoms with van der Waals surface area (Å²) in [6.07, 6.45) is 3.32. The highest BCUT2D eigenvalue weighted by atomic mass is 79.9. The summed E-state index contributed by atoms with van der Waals surface area (Å²) in [5.74, 6) is 0. The molecule has 2 bridgehead atoms. The van der Waals surface area contributed by atoms with Crippen LogP contribution in [0.2, 0.25) is 0 Å². The second kappa shape index (κ2) is 1.96. The van der Waals surface area contributed by atoms with E-state index >= 15 is 0 Å². The highest BCUT2D eigenvalue weighted by Crippen LogP contribution is 2.46. The molecule has 0 aromatic carbocycles.